The second-order valence-corrected chi connectivity index (χ2v) is 17.1. The zero-order chi connectivity index (χ0) is 53.2. The molecule has 3 heterocycles. The first kappa shape index (κ1) is 57.9. The number of hydrogen-bond acceptors (Lipinski definition) is 25. The Morgan fingerprint density at radius 1 is 0.569 bits per heavy atom. The van der Waals surface area contributed by atoms with Crippen LogP contribution < -0.4 is 28.4 Å². The van der Waals surface area contributed by atoms with Gasteiger partial charge in [0, 0.05) is 5.56 Å². The summed E-state index contributed by atoms with van der Waals surface area (Å²) >= 11 is 0. The number of aliphatic hydroxyl groups is 12. The molecule has 0 aromatic heterocycles. The first-order chi connectivity index (χ1) is 34.2. The quantitative estimate of drug-likeness (QED) is 0.0477. The highest BCUT2D eigenvalue weighted by atomic mass is 16.7. The molecule has 0 aliphatic carbocycles. The SMILES string of the molecule is COc1cc(/C=C/Cc2c(/C=C/COC(=O)C[C@](C)(CC(=O)O)O[C@H]3O[C@@H](CO)[C@H](O)[C@@H](O)[C@@H]3O)cc(OC)c(O[C@@H]3O[C@H](CO)[C@@H](O)[C@H](O)[C@H]3O)c2OC)cc(OC)c1O[C@H]1O[C@@H](CO)[C@H](O)[C@@H](O)[C@@H]1O. The summed E-state index contributed by atoms with van der Waals surface area (Å²) in [7, 11) is 5.23. The second kappa shape index (κ2) is 25.8. The van der Waals surface area contributed by atoms with Crippen molar-refractivity contribution in [1.82, 2.24) is 0 Å². The molecule has 3 aliphatic heterocycles. The summed E-state index contributed by atoms with van der Waals surface area (Å²) in [6.07, 6.45) is -20.1. The van der Waals surface area contributed by atoms with Gasteiger partial charge in [0.15, 0.2) is 29.3 Å². The molecule has 2 aromatic rings. The molecule has 3 saturated heterocycles. The first-order valence-electron chi connectivity index (χ1n) is 22.4. The highest BCUT2D eigenvalue weighted by Crippen LogP contribution is 2.45. The van der Waals surface area contributed by atoms with Crippen molar-refractivity contribution in [2.45, 2.75) is 124 Å². The van der Waals surface area contributed by atoms with Gasteiger partial charge >= 0.3 is 11.9 Å². The average molecular weight is 1030 g/mol. The van der Waals surface area contributed by atoms with Gasteiger partial charge in [-0.15, -0.1) is 0 Å². The Hall–Kier alpha value is -4.98. The van der Waals surface area contributed by atoms with Crippen molar-refractivity contribution < 1.29 is 128 Å². The van der Waals surface area contributed by atoms with E-state index in [1.54, 1.807) is 12.2 Å². The summed E-state index contributed by atoms with van der Waals surface area (Å²) in [5.41, 5.74) is -0.710. The van der Waals surface area contributed by atoms with Crippen LogP contribution in [0.4, 0.5) is 0 Å². The van der Waals surface area contributed by atoms with E-state index in [4.69, 9.17) is 52.1 Å². The van der Waals surface area contributed by atoms with Gasteiger partial charge in [0.25, 0.3) is 0 Å². The topological polar surface area (TPSA) is 399 Å². The van der Waals surface area contributed by atoms with Crippen LogP contribution in [0.2, 0.25) is 0 Å². The summed E-state index contributed by atoms with van der Waals surface area (Å²) in [5, 5.41) is 132. The smallest absolute Gasteiger partial charge is 0.309 e. The highest BCUT2D eigenvalue weighted by Gasteiger charge is 2.49. The highest BCUT2D eigenvalue weighted by molar-refractivity contribution is 5.74. The van der Waals surface area contributed by atoms with Crippen LogP contribution in [0.15, 0.2) is 30.4 Å². The number of allylic oxidation sites excluding steroid dienone is 1. The fraction of sp³-hybridized carbons (Fsp3) is 0.609. The molecule has 26 nitrogen and oxygen atoms in total. The number of aliphatic hydroxyl groups excluding tert-OH is 12. The minimum Gasteiger partial charge on any atom is -0.493 e. The molecule has 0 unspecified atom stereocenters. The lowest BCUT2D eigenvalue weighted by Gasteiger charge is -2.42. The lowest BCUT2D eigenvalue weighted by molar-refractivity contribution is -0.325. The molecule has 5 rings (SSSR count). The summed E-state index contributed by atoms with van der Waals surface area (Å²) in [5.74, 6) is -2.44. The lowest BCUT2D eigenvalue weighted by atomic mass is 9.95. The molecular weight excluding hydrogens is 968 g/mol. The van der Waals surface area contributed by atoms with Gasteiger partial charge in [-0.25, -0.2) is 0 Å². The largest absolute Gasteiger partial charge is 0.493 e. The molecule has 26 heteroatoms. The van der Waals surface area contributed by atoms with Crippen LogP contribution in [-0.2, 0) is 39.7 Å². The normalized spacial score (nSPS) is 31.7. The van der Waals surface area contributed by atoms with Gasteiger partial charge in [0.05, 0.1) is 66.7 Å². The number of benzene rings is 2. The molecule has 2 aromatic carbocycles. The van der Waals surface area contributed by atoms with Crippen LogP contribution in [-0.4, -0.2) is 231 Å². The number of carbonyl (C=O) groups is 2. The van der Waals surface area contributed by atoms with Gasteiger partial charge in [-0.05, 0) is 48.7 Å². The number of ether oxygens (including phenoxy) is 11. The zero-order valence-corrected chi connectivity index (χ0v) is 39.8. The molecule has 72 heavy (non-hydrogen) atoms. The number of hydrogen-bond donors (Lipinski definition) is 13. The molecule has 0 spiro atoms. The van der Waals surface area contributed by atoms with Crippen LogP contribution in [0.25, 0.3) is 12.2 Å². The molecule has 3 fully saturated rings. The van der Waals surface area contributed by atoms with Crippen LogP contribution in [0.5, 0.6) is 34.5 Å². The average Bonchev–Trinajstić information content (AvgIpc) is 3.35. The third-order valence-electron chi connectivity index (χ3n) is 12.0. The van der Waals surface area contributed by atoms with Crippen LogP contribution >= 0.6 is 0 Å². The minimum atomic E-state index is -1.90. The van der Waals surface area contributed by atoms with E-state index < -0.39 is 149 Å². The summed E-state index contributed by atoms with van der Waals surface area (Å²) in [4.78, 5) is 25.0. The van der Waals surface area contributed by atoms with E-state index in [-0.39, 0.29) is 40.9 Å². The maximum atomic E-state index is 13.2. The number of carboxylic acid groups (broad SMARTS) is 1. The molecule has 13 N–H and O–H groups in total. The Kier molecular flexibility index (Phi) is 20.7. The molecule has 0 saturated carbocycles. The molecule has 3 aliphatic rings. The predicted octanol–water partition coefficient (Wildman–Crippen LogP) is -3.67. The van der Waals surface area contributed by atoms with E-state index in [1.165, 1.54) is 65.7 Å². The van der Waals surface area contributed by atoms with Crippen molar-refractivity contribution in [3.05, 3.63) is 47.0 Å². The maximum absolute atomic E-state index is 13.2. The number of rotatable bonds is 23. The van der Waals surface area contributed by atoms with E-state index in [1.807, 2.05) is 0 Å². The molecule has 0 bridgehead atoms. The van der Waals surface area contributed by atoms with E-state index in [9.17, 15) is 76.0 Å². The molecule has 16 atom stereocenters. The Morgan fingerprint density at radius 3 is 1.49 bits per heavy atom. The summed E-state index contributed by atoms with van der Waals surface area (Å²) in [6.45, 7) is -1.41. The number of carbonyl (C=O) groups excluding carboxylic acids is 1. The molecule has 0 amide bonds. The third kappa shape index (κ3) is 13.4. The Bertz CT molecular complexity index is 2140. The summed E-state index contributed by atoms with van der Waals surface area (Å²) < 4.78 is 62.1. The van der Waals surface area contributed by atoms with Crippen molar-refractivity contribution in [2.24, 2.45) is 0 Å². The standard InChI is InChI=1S/C46H64O26/c1-46(15-29(50)51,72-45-39(61)36(58)33(55)28(19-49)69-45)16-30(52)66-11-7-9-21-14-25(64-4)42(71-44-38(60)35(57)32(54)27(18-48)68-44)40(65-5)22(21)10-6-8-20-12-23(62-2)41(24(13-20)63-3)70-43-37(59)34(56)31(53)26(17-47)67-43/h6-9,12-14,26-28,31-39,43-45,47-49,53-61H,10-11,15-19H2,1-5H3,(H,50,51)/b8-6+,9-7+/t26-,27+,28-,31-,32+,33-,34+,35-,36+,37-,38+,39-,43+,44-,45+,46-/m0/s1. The van der Waals surface area contributed by atoms with Crippen LogP contribution in [0.3, 0.4) is 0 Å². The fourth-order valence-corrected chi connectivity index (χ4v) is 8.08. The number of esters is 1. The first-order valence-corrected chi connectivity index (χ1v) is 22.4. The van der Waals surface area contributed by atoms with Crippen LogP contribution in [0.1, 0.15) is 36.5 Å². The van der Waals surface area contributed by atoms with E-state index in [0.717, 1.165) is 0 Å². The van der Waals surface area contributed by atoms with Gasteiger partial charge < -0.3 is 118 Å². The van der Waals surface area contributed by atoms with Gasteiger partial charge in [0.2, 0.25) is 24.1 Å². The van der Waals surface area contributed by atoms with Gasteiger partial charge in [-0.1, -0.05) is 18.2 Å². The monoisotopic (exact) mass is 1030 g/mol. The Labute approximate surface area is 411 Å². The second-order valence-electron chi connectivity index (χ2n) is 17.1. The third-order valence-corrected chi connectivity index (χ3v) is 12.0. The van der Waals surface area contributed by atoms with E-state index >= 15 is 0 Å². The maximum Gasteiger partial charge on any atom is 0.309 e. The van der Waals surface area contributed by atoms with Crippen molar-refractivity contribution >= 4 is 24.1 Å². The van der Waals surface area contributed by atoms with Crippen molar-refractivity contribution in [3.8, 4) is 34.5 Å². The van der Waals surface area contributed by atoms with Gasteiger partial charge in [-0.3, -0.25) is 9.59 Å². The zero-order valence-electron chi connectivity index (χ0n) is 39.8. The number of methoxy groups -OCH3 is 4. The van der Waals surface area contributed by atoms with Gasteiger partial charge in [0.1, 0.15) is 79.9 Å². The lowest BCUT2D eigenvalue weighted by Crippen LogP contribution is -2.60. The van der Waals surface area contributed by atoms with E-state index in [0.29, 0.717) is 16.7 Å². The summed E-state index contributed by atoms with van der Waals surface area (Å²) in [6, 6.07) is 4.55. The minimum absolute atomic E-state index is 0.000762. The molecular formula is C46H64O26. The number of aliphatic carboxylic acids is 1. The number of carboxylic acids is 1. The Balaban J connectivity index is 1.44. The van der Waals surface area contributed by atoms with Crippen molar-refractivity contribution in [3.63, 3.8) is 0 Å². The van der Waals surface area contributed by atoms with Crippen molar-refractivity contribution in [1.29, 1.82) is 0 Å². The van der Waals surface area contributed by atoms with E-state index in [2.05, 4.69) is 0 Å². The molecule has 0 radical (unpaired) electrons. The fourth-order valence-electron chi connectivity index (χ4n) is 8.08. The Morgan fingerprint density at radius 2 is 1.03 bits per heavy atom. The van der Waals surface area contributed by atoms with Crippen LogP contribution in [0, 0.1) is 0 Å². The van der Waals surface area contributed by atoms with Gasteiger partial charge in [-0.2, -0.15) is 0 Å². The van der Waals surface area contributed by atoms with Crippen molar-refractivity contribution in [2.75, 3.05) is 54.9 Å². The molecule has 404 valence electrons. The predicted molar refractivity (Wildman–Crippen MR) is 241 cm³/mol.